The largest absolute Gasteiger partial charge is 0.481 e. The number of aliphatic hydroxyl groups is 1. The molecule has 0 saturated heterocycles. The van der Waals surface area contributed by atoms with E-state index in [-0.39, 0.29) is 0 Å². The number of ether oxygens (including phenoxy) is 1. The van der Waals surface area contributed by atoms with Gasteiger partial charge < -0.3 is 9.84 Å². The Balaban J connectivity index is 2.06. The van der Waals surface area contributed by atoms with E-state index < -0.39 is 11.9 Å². The molecule has 0 aliphatic heterocycles. The molecule has 0 amide bonds. The van der Waals surface area contributed by atoms with Crippen LogP contribution in [0.2, 0.25) is 0 Å². The highest BCUT2D eigenvalue weighted by Crippen LogP contribution is 2.32. The second-order valence-electron chi connectivity index (χ2n) is 5.15. The average Bonchev–Trinajstić information content (AvgIpc) is 2.61. The van der Waals surface area contributed by atoms with Gasteiger partial charge in [-0.15, -0.1) is 0 Å². The summed E-state index contributed by atoms with van der Waals surface area (Å²) >= 11 is 0. The summed E-state index contributed by atoms with van der Waals surface area (Å²) in [6, 6.07) is 17.4. The lowest BCUT2D eigenvalue weighted by Crippen LogP contribution is -2.04. The Morgan fingerprint density at radius 3 is 2.48 bits per heavy atom. The normalized spacial score (nSPS) is 12.0. The maximum Gasteiger partial charge on any atom is 0.219 e. The molecular weight excluding hydrogens is 293 g/mol. The van der Waals surface area contributed by atoms with Crippen molar-refractivity contribution in [3.8, 4) is 17.0 Å². The number of hydrogen-bond donors (Lipinski definition) is 1. The lowest BCUT2D eigenvalue weighted by Gasteiger charge is -2.16. The average molecular weight is 309 g/mol. The zero-order chi connectivity index (χ0) is 16.2. The third-order valence-electron chi connectivity index (χ3n) is 3.64. The highest BCUT2D eigenvalue weighted by Gasteiger charge is 2.18. The Kier molecular flexibility index (Phi) is 4.35. The predicted octanol–water partition coefficient (Wildman–Crippen LogP) is 3.98. The number of halogens is 1. The molecule has 0 bridgehead atoms. The molecule has 0 spiro atoms. The molecule has 0 radical (unpaired) electrons. The van der Waals surface area contributed by atoms with Gasteiger partial charge in [0.25, 0.3) is 0 Å². The molecule has 0 aliphatic carbocycles. The SMILES string of the molecule is COc1ncc(-c2ccccc2)cc1C(O)c1cccc(F)c1. The first kappa shape index (κ1) is 15.2. The van der Waals surface area contributed by atoms with Gasteiger partial charge in [-0.2, -0.15) is 0 Å². The molecule has 116 valence electrons. The van der Waals surface area contributed by atoms with Gasteiger partial charge in [0.05, 0.1) is 7.11 Å². The minimum absolute atomic E-state index is 0.321. The molecule has 0 saturated carbocycles. The quantitative estimate of drug-likeness (QED) is 0.792. The van der Waals surface area contributed by atoms with Crippen molar-refractivity contribution in [3.05, 3.63) is 83.8 Å². The second kappa shape index (κ2) is 6.58. The monoisotopic (exact) mass is 309 g/mol. The van der Waals surface area contributed by atoms with E-state index in [0.717, 1.165) is 11.1 Å². The van der Waals surface area contributed by atoms with Crippen molar-refractivity contribution in [2.75, 3.05) is 7.11 Å². The summed E-state index contributed by atoms with van der Waals surface area (Å²) in [6.07, 6.45) is 0.674. The number of benzene rings is 2. The van der Waals surface area contributed by atoms with Gasteiger partial charge >= 0.3 is 0 Å². The standard InChI is InChI=1S/C19H16FNO2/c1-23-19-17(18(22)14-8-5-9-16(20)10-14)11-15(12-21-19)13-6-3-2-4-7-13/h2-12,18,22H,1H3. The van der Waals surface area contributed by atoms with Crippen molar-refractivity contribution >= 4 is 0 Å². The van der Waals surface area contributed by atoms with Crippen LogP contribution in [0.4, 0.5) is 4.39 Å². The molecule has 1 unspecified atom stereocenters. The van der Waals surface area contributed by atoms with E-state index >= 15 is 0 Å². The van der Waals surface area contributed by atoms with Gasteiger partial charge in [0, 0.05) is 17.3 Å². The predicted molar refractivity (Wildman–Crippen MR) is 86.7 cm³/mol. The summed E-state index contributed by atoms with van der Waals surface area (Å²) in [5.74, 6) is -0.0749. The van der Waals surface area contributed by atoms with E-state index in [0.29, 0.717) is 17.0 Å². The third-order valence-corrected chi connectivity index (χ3v) is 3.64. The third kappa shape index (κ3) is 3.22. The first-order valence-corrected chi connectivity index (χ1v) is 7.22. The molecule has 2 aromatic carbocycles. The van der Waals surface area contributed by atoms with E-state index in [4.69, 9.17) is 4.74 Å². The maximum atomic E-state index is 13.4. The van der Waals surface area contributed by atoms with Gasteiger partial charge in [-0.1, -0.05) is 42.5 Å². The molecule has 1 aromatic heterocycles. The minimum Gasteiger partial charge on any atom is -0.481 e. The fourth-order valence-corrected chi connectivity index (χ4v) is 2.48. The van der Waals surface area contributed by atoms with Crippen LogP contribution in [-0.2, 0) is 0 Å². The number of hydrogen-bond acceptors (Lipinski definition) is 3. The van der Waals surface area contributed by atoms with E-state index in [1.165, 1.54) is 19.2 Å². The number of methoxy groups -OCH3 is 1. The van der Waals surface area contributed by atoms with Gasteiger partial charge in [0.15, 0.2) is 0 Å². The molecule has 4 heteroatoms. The van der Waals surface area contributed by atoms with E-state index in [1.54, 1.807) is 18.3 Å². The van der Waals surface area contributed by atoms with Crippen LogP contribution in [0, 0.1) is 5.82 Å². The van der Waals surface area contributed by atoms with Crippen LogP contribution < -0.4 is 4.74 Å². The van der Waals surface area contributed by atoms with Gasteiger partial charge in [0.1, 0.15) is 11.9 Å². The molecule has 1 N–H and O–H groups in total. The second-order valence-corrected chi connectivity index (χ2v) is 5.15. The van der Waals surface area contributed by atoms with E-state index in [1.807, 2.05) is 36.4 Å². The van der Waals surface area contributed by atoms with Crippen LogP contribution in [0.3, 0.4) is 0 Å². The summed E-state index contributed by atoms with van der Waals surface area (Å²) in [4.78, 5) is 4.27. The van der Waals surface area contributed by atoms with Gasteiger partial charge in [-0.25, -0.2) is 9.37 Å². The topological polar surface area (TPSA) is 42.4 Å². The van der Waals surface area contributed by atoms with Crippen molar-refractivity contribution in [1.82, 2.24) is 4.98 Å². The van der Waals surface area contributed by atoms with Crippen LogP contribution in [-0.4, -0.2) is 17.2 Å². The summed E-state index contributed by atoms with van der Waals surface area (Å²) < 4.78 is 18.7. The Labute approximate surface area is 134 Å². The summed E-state index contributed by atoms with van der Waals surface area (Å²) in [5.41, 5.74) is 2.79. The molecule has 3 rings (SSSR count). The number of aliphatic hydroxyl groups excluding tert-OH is 1. The molecule has 0 aliphatic rings. The molecular formula is C19H16FNO2. The number of pyridine rings is 1. The lowest BCUT2D eigenvalue weighted by molar-refractivity contribution is 0.213. The van der Waals surface area contributed by atoms with Crippen LogP contribution in [0.1, 0.15) is 17.2 Å². The highest BCUT2D eigenvalue weighted by atomic mass is 19.1. The Bertz CT molecular complexity index is 805. The highest BCUT2D eigenvalue weighted by molar-refractivity contribution is 5.64. The number of aromatic nitrogens is 1. The van der Waals surface area contributed by atoms with Crippen LogP contribution in [0.15, 0.2) is 66.9 Å². The van der Waals surface area contributed by atoms with Gasteiger partial charge in [0.2, 0.25) is 5.88 Å². The molecule has 0 fully saturated rings. The number of rotatable bonds is 4. The zero-order valence-electron chi connectivity index (χ0n) is 12.6. The molecule has 1 atom stereocenters. The van der Waals surface area contributed by atoms with Crippen molar-refractivity contribution < 1.29 is 14.2 Å². The van der Waals surface area contributed by atoms with Crippen LogP contribution in [0.25, 0.3) is 11.1 Å². The summed E-state index contributed by atoms with van der Waals surface area (Å²) in [7, 11) is 1.49. The first-order chi connectivity index (χ1) is 11.2. The van der Waals surface area contributed by atoms with Crippen LogP contribution in [0.5, 0.6) is 5.88 Å². The Morgan fingerprint density at radius 2 is 1.78 bits per heavy atom. The Hall–Kier alpha value is -2.72. The van der Waals surface area contributed by atoms with Crippen molar-refractivity contribution in [2.24, 2.45) is 0 Å². The van der Waals surface area contributed by atoms with Gasteiger partial charge in [-0.05, 0) is 29.3 Å². The zero-order valence-corrected chi connectivity index (χ0v) is 12.6. The maximum absolute atomic E-state index is 13.4. The Morgan fingerprint density at radius 1 is 1.00 bits per heavy atom. The molecule has 23 heavy (non-hydrogen) atoms. The van der Waals surface area contributed by atoms with E-state index in [9.17, 15) is 9.50 Å². The van der Waals surface area contributed by atoms with Crippen molar-refractivity contribution in [2.45, 2.75) is 6.10 Å². The van der Waals surface area contributed by atoms with E-state index in [2.05, 4.69) is 4.98 Å². The number of nitrogens with zero attached hydrogens (tertiary/aromatic N) is 1. The molecule has 3 nitrogen and oxygen atoms in total. The minimum atomic E-state index is -1.02. The fourth-order valence-electron chi connectivity index (χ4n) is 2.48. The van der Waals surface area contributed by atoms with Crippen molar-refractivity contribution in [1.29, 1.82) is 0 Å². The summed E-state index contributed by atoms with van der Waals surface area (Å²) in [5, 5.41) is 10.6. The fraction of sp³-hybridized carbons (Fsp3) is 0.105. The lowest BCUT2D eigenvalue weighted by atomic mass is 9.99. The first-order valence-electron chi connectivity index (χ1n) is 7.22. The van der Waals surface area contributed by atoms with Crippen molar-refractivity contribution in [3.63, 3.8) is 0 Å². The molecule has 3 aromatic rings. The van der Waals surface area contributed by atoms with Gasteiger partial charge in [-0.3, -0.25) is 0 Å². The summed E-state index contributed by atoms with van der Waals surface area (Å²) in [6.45, 7) is 0. The smallest absolute Gasteiger partial charge is 0.219 e. The van der Waals surface area contributed by atoms with Crippen LogP contribution >= 0.6 is 0 Å². The molecule has 1 heterocycles.